The highest BCUT2D eigenvalue weighted by Crippen LogP contribution is 2.29. The zero-order valence-corrected chi connectivity index (χ0v) is 18.0. The van der Waals surface area contributed by atoms with Gasteiger partial charge in [0, 0.05) is 29.9 Å². The van der Waals surface area contributed by atoms with Crippen LogP contribution in [0, 0.1) is 0 Å². The average molecular weight is 441 g/mol. The predicted octanol–water partition coefficient (Wildman–Crippen LogP) is 4.76. The van der Waals surface area contributed by atoms with Gasteiger partial charge in [-0.2, -0.15) is 0 Å². The van der Waals surface area contributed by atoms with Gasteiger partial charge in [-0.3, -0.25) is 9.10 Å². The maximum atomic E-state index is 13.2. The molecule has 3 aromatic rings. The largest absolute Gasteiger partial charge is 0.308 e. The first kappa shape index (κ1) is 20.4. The van der Waals surface area contributed by atoms with Crippen molar-refractivity contribution in [1.29, 1.82) is 0 Å². The third-order valence-corrected chi connectivity index (χ3v) is 7.34. The lowest BCUT2D eigenvalue weighted by Gasteiger charge is -2.30. The molecular formula is C23H21ClN2O3S. The van der Waals surface area contributed by atoms with Crippen molar-refractivity contribution in [3.63, 3.8) is 0 Å². The van der Waals surface area contributed by atoms with E-state index in [0.29, 0.717) is 22.8 Å². The van der Waals surface area contributed by atoms with Crippen molar-refractivity contribution in [2.45, 2.75) is 17.7 Å². The highest BCUT2D eigenvalue weighted by molar-refractivity contribution is 7.92. The number of carbonyl (C=O) groups excluding carboxylic acids is 1. The Labute approximate surface area is 181 Å². The predicted molar refractivity (Wildman–Crippen MR) is 120 cm³/mol. The minimum Gasteiger partial charge on any atom is -0.308 e. The topological polar surface area (TPSA) is 57.7 Å². The Bertz CT molecular complexity index is 1190. The summed E-state index contributed by atoms with van der Waals surface area (Å²) in [6, 6.07) is 20.6. The fourth-order valence-corrected chi connectivity index (χ4v) is 4.95. The Morgan fingerprint density at radius 3 is 2.50 bits per heavy atom. The lowest BCUT2D eigenvalue weighted by molar-refractivity contribution is 0.0985. The fraction of sp³-hybridized carbons (Fsp3) is 0.174. The van der Waals surface area contributed by atoms with Gasteiger partial charge in [0.25, 0.3) is 15.9 Å². The molecule has 0 aliphatic carbocycles. The summed E-state index contributed by atoms with van der Waals surface area (Å²) >= 11 is 5.87. The Morgan fingerprint density at radius 1 is 1.00 bits per heavy atom. The Kier molecular flexibility index (Phi) is 5.54. The normalized spacial score (nSPS) is 13.6. The highest BCUT2D eigenvalue weighted by Gasteiger charge is 2.25. The van der Waals surface area contributed by atoms with Gasteiger partial charge in [-0.25, -0.2) is 8.42 Å². The van der Waals surface area contributed by atoms with Crippen LogP contribution in [0.2, 0.25) is 5.02 Å². The summed E-state index contributed by atoms with van der Waals surface area (Å²) in [7, 11) is -2.30. The summed E-state index contributed by atoms with van der Waals surface area (Å²) in [6.07, 6.45) is 1.84. The molecule has 0 aromatic heterocycles. The minimum atomic E-state index is -3.77. The van der Waals surface area contributed by atoms with E-state index < -0.39 is 10.0 Å². The quantitative estimate of drug-likeness (QED) is 0.587. The molecule has 0 fully saturated rings. The average Bonchev–Trinajstić information content (AvgIpc) is 2.78. The van der Waals surface area contributed by atoms with E-state index in [1.165, 1.54) is 35.6 Å². The molecule has 0 unspecified atom stereocenters. The van der Waals surface area contributed by atoms with Crippen LogP contribution in [0.3, 0.4) is 0 Å². The van der Waals surface area contributed by atoms with Crippen molar-refractivity contribution < 1.29 is 13.2 Å². The first-order valence-electron chi connectivity index (χ1n) is 9.62. The number of hydrogen-bond donors (Lipinski definition) is 0. The van der Waals surface area contributed by atoms with Crippen LogP contribution < -0.4 is 9.21 Å². The number of sulfonamides is 1. The molecule has 0 atom stereocenters. The van der Waals surface area contributed by atoms with Crippen LogP contribution in [0.1, 0.15) is 22.3 Å². The number of hydrogen-bond acceptors (Lipinski definition) is 3. The summed E-state index contributed by atoms with van der Waals surface area (Å²) in [5.41, 5.74) is 2.93. The van der Waals surface area contributed by atoms with Crippen LogP contribution in [-0.2, 0) is 16.4 Å². The number of aryl methyl sites for hydroxylation is 1. The molecule has 30 heavy (non-hydrogen) atoms. The van der Waals surface area contributed by atoms with Gasteiger partial charge in [-0.15, -0.1) is 0 Å². The molecule has 154 valence electrons. The molecule has 1 amide bonds. The van der Waals surface area contributed by atoms with Crippen molar-refractivity contribution in [2.75, 3.05) is 22.8 Å². The molecule has 1 aliphatic heterocycles. The van der Waals surface area contributed by atoms with Crippen molar-refractivity contribution in [1.82, 2.24) is 0 Å². The fourth-order valence-electron chi connectivity index (χ4n) is 3.64. The minimum absolute atomic E-state index is 0.135. The van der Waals surface area contributed by atoms with Gasteiger partial charge in [-0.05, 0) is 66.9 Å². The van der Waals surface area contributed by atoms with E-state index in [9.17, 15) is 13.2 Å². The maximum absolute atomic E-state index is 13.2. The molecule has 0 bridgehead atoms. The molecule has 0 saturated heterocycles. The molecule has 1 heterocycles. The summed E-state index contributed by atoms with van der Waals surface area (Å²) in [5, 5.41) is 0.464. The van der Waals surface area contributed by atoms with Crippen molar-refractivity contribution in [3.05, 3.63) is 88.9 Å². The van der Waals surface area contributed by atoms with Crippen LogP contribution >= 0.6 is 11.6 Å². The van der Waals surface area contributed by atoms with E-state index in [2.05, 4.69) is 0 Å². The molecule has 0 radical (unpaired) electrons. The van der Waals surface area contributed by atoms with E-state index in [1.54, 1.807) is 29.2 Å². The molecule has 0 saturated carbocycles. The molecule has 5 nitrogen and oxygen atoms in total. The van der Waals surface area contributed by atoms with Crippen LogP contribution in [-0.4, -0.2) is 27.9 Å². The van der Waals surface area contributed by atoms with Crippen LogP contribution in [0.15, 0.2) is 77.7 Å². The number of carbonyl (C=O) groups is 1. The molecule has 7 heteroatoms. The van der Waals surface area contributed by atoms with Gasteiger partial charge in [-0.1, -0.05) is 35.9 Å². The number of halogens is 1. The van der Waals surface area contributed by atoms with Crippen molar-refractivity contribution in [2.24, 2.45) is 0 Å². The monoisotopic (exact) mass is 440 g/mol. The van der Waals surface area contributed by atoms with Crippen LogP contribution in [0.4, 0.5) is 11.4 Å². The first-order valence-corrected chi connectivity index (χ1v) is 11.4. The Hall–Kier alpha value is -2.83. The molecular weight excluding hydrogens is 420 g/mol. The molecule has 0 spiro atoms. The summed E-state index contributed by atoms with van der Waals surface area (Å²) in [6.45, 7) is 0.638. The van der Waals surface area contributed by atoms with E-state index in [1.807, 2.05) is 24.3 Å². The zero-order chi connectivity index (χ0) is 21.3. The third kappa shape index (κ3) is 3.80. The van der Waals surface area contributed by atoms with E-state index in [-0.39, 0.29) is 10.8 Å². The lowest BCUT2D eigenvalue weighted by Crippen LogP contribution is -2.35. The van der Waals surface area contributed by atoms with E-state index in [0.717, 1.165) is 24.1 Å². The first-order chi connectivity index (χ1) is 14.4. The standard InChI is InChI=1S/C23H21ClN2O3S/c1-25(30(28,29)21-13-11-19(24)12-14-21)20-9-4-7-18(16-20)23(27)26-15-5-8-17-6-2-3-10-22(17)26/h2-4,6-7,9-14,16H,5,8,15H2,1H3. The molecule has 3 aromatic carbocycles. The number of benzene rings is 3. The van der Waals surface area contributed by atoms with E-state index >= 15 is 0 Å². The zero-order valence-electron chi connectivity index (χ0n) is 16.5. The molecule has 1 aliphatic rings. The number of para-hydroxylation sites is 1. The smallest absolute Gasteiger partial charge is 0.264 e. The van der Waals surface area contributed by atoms with Gasteiger partial charge in [0.1, 0.15) is 0 Å². The number of rotatable bonds is 4. The summed E-state index contributed by atoms with van der Waals surface area (Å²) in [5.74, 6) is -0.138. The number of nitrogens with zero attached hydrogens (tertiary/aromatic N) is 2. The Morgan fingerprint density at radius 2 is 1.73 bits per heavy atom. The lowest BCUT2D eigenvalue weighted by atomic mass is 10.0. The summed E-state index contributed by atoms with van der Waals surface area (Å²) in [4.78, 5) is 15.1. The van der Waals surface area contributed by atoms with Gasteiger partial charge in [0.2, 0.25) is 0 Å². The summed E-state index contributed by atoms with van der Waals surface area (Å²) < 4.78 is 27.1. The van der Waals surface area contributed by atoms with Gasteiger partial charge in [0.05, 0.1) is 10.6 Å². The highest BCUT2D eigenvalue weighted by atomic mass is 35.5. The number of anilines is 2. The van der Waals surface area contributed by atoms with Gasteiger partial charge >= 0.3 is 0 Å². The van der Waals surface area contributed by atoms with Crippen molar-refractivity contribution >= 4 is 38.9 Å². The third-order valence-electron chi connectivity index (χ3n) is 5.28. The maximum Gasteiger partial charge on any atom is 0.264 e. The van der Waals surface area contributed by atoms with Crippen LogP contribution in [0.5, 0.6) is 0 Å². The second kappa shape index (κ2) is 8.13. The molecule has 4 rings (SSSR count). The van der Waals surface area contributed by atoms with Gasteiger partial charge < -0.3 is 4.90 Å². The SMILES string of the molecule is CN(c1cccc(C(=O)N2CCCc3ccccc32)c1)S(=O)(=O)c1ccc(Cl)cc1. The van der Waals surface area contributed by atoms with Gasteiger partial charge in [0.15, 0.2) is 0 Å². The second-order valence-electron chi connectivity index (χ2n) is 7.17. The number of fused-ring (bicyclic) bond motifs is 1. The van der Waals surface area contributed by atoms with E-state index in [4.69, 9.17) is 11.6 Å². The Balaban J connectivity index is 1.65. The van der Waals surface area contributed by atoms with Crippen molar-refractivity contribution in [3.8, 4) is 0 Å². The number of amides is 1. The second-order valence-corrected chi connectivity index (χ2v) is 9.57. The molecule has 0 N–H and O–H groups in total. The van der Waals surface area contributed by atoms with Crippen LogP contribution in [0.25, 0.3) is 0 Å².